The second kappa shape index (κ2) is 6.71. The Kier molecular flexibility index (Phi) is 4.73. The van der Waals surface area contributed by atoms with Gasteiger partial charge in [-0.15, -0.1) is 0 Å². The Hall–Kier alpha value is -2.89. The summed E-state index contributed by atoms with van der Waals surface area (Å²) < 4.78 is 10.4. The summed E-state index contributed by atoms with van der Waals surface area (Å²) in [4.78, 5) is 21.7. The number of ether oxygens (including phenoxy) is 2. The molecule has 0 saturated heterocycles. The summed E-state index contributed by atoms with van der Waals surface area (Å²) >= 11 is 0. The summed E-state index contributed by atoms with van der Waals surface area (Å²) in [5.41, 5.74) is 2.11. The van der Waals surface area contributed by atoms with Crippen molar-refractivity contribution in [2.24, 2.45) is 0 Å². The number of aryl methyl sites for hydroxylation is 2. The third kappa shape index (κ3) is 4.05. The molecule has 22 heavy (non-hydrogen) atoms. The lowest BCUT2D eigenvalue weighted by Gasteiger charge is -2.08. The lowest BCUT2D eigenvalue weighted by Crippen LogP contribution is -2.17. The molecule has 0 bridgehead atoms. The zero-order valence-electron chi connectivity index (χ0n) is 12.2. The Labute approximate surface area is 127 Å². The van der Waals surface area contributed by atoms with Gasteiger partial charge in [-0.05, 0) is 49.2 Å². The summed E-state index contributed by atoms with van der Waals surface area (Å²) in [6, 6.07) is 10.8. The third-order valence-corrected chi connectivity index (χ3v) is 3.11. The minimum Gasteiger partial charge on any atom is -0.482 e. The highest BCUT2D eigenvalue weighted by Gasteiger charge is 2.09. The second-order valence-electron chi connectivity index (χ2n) is 4.76. The average molecular weight is 301 g/mol. The topological polar surface area (TPSA) is 78.7 Å². The first-order chi connectivity index (χ1) is 10.5. The fourth-order valence-electron chi connectivity index (χ4n) is 1.74. The quantitative estimate of drug-likeness (QED) is 0.367. The van der Waals surface area contributed by atoms with Crippen molar-refractivity contribution >= 4 is 11.7 Å². The SMILES string of the molecule is Cc1ccc(OC(=O)COc2ccc([N+](=O)[O-])cc2)cc1C. The first kappa shape index (κ1) is 15.5. The molecule has 2 aromatic carbocycles. The summed E-state index contributed by atoms with van der Waals surface area (Å²) in [6.07, 6.45) is 0. The van der Waals surface area contributed by atoms with Gasteiger partial charge in [0.15, 0.2) is 6.61 Å². The van der Waals surface area contributed by atoms with Gasteiger partial charge in [0.2, 0.25) is 0 Å². The van der Waals surface area contributed by atoms with Gasteiger partial charge >= 0.3 is 5.97 Å². The molecule has 0 atom stereocenters. The predicted octanol–water partition coefficient (Wildman–Crippen LogP) is 3.20. The smallest absolute Gasteiger partial charge is 0.349 e. The average Bonchev–Trinajstić information content (AvgIpc) is 2.49. The fraction of sp³-hybridized carbons (Fsp3) is 0.188. The largest absolute Gasteiger partial charge is 0.482 e. The molecule has 0 unspecified atom stereocenters. The molecular weight excluding hydrogens is 286 g/mol. The van der Waals surface area contributed by atoms with E-state index < -0.39 is 10.9 Å². The maximum atomic E-state index is 11.7. The van der Waals surface area contributed by atoms with E-state index in [4.69, 9.17) is 9.47 Å². The number of hydrogen-bond acceptors (Lipinski definition) is 5. The Balaban J connectivity index is 1.89. The number of benzene rings is 2. The van der Waals surface area contributed by atoms with Crippen LogP contribution in [0.25, 0.3) is 0 Å². The van der Waals surface area contributed by atoms with Gasteiger partial charge < -0.3 is 9.47 Å². The molecule has 6 heteroatoms. The van der Waals surface area contributed by atoms with E-state index in [1.807, 2.05) is 19.9 Å². The van der Waals surface area contributed by atoms with Gasteiger partial charge in [-0.1, -0.05) is 6.07 Å². The Morgan fingerprint density at radius 2 is 1.68 bits per heavy atom. The Bertz CT molecular complexity index is 694. The molecule has 0 saturated carbocycles. The summed E-state index contributed by atoms with van der Waals surface area (Å²) in [5.74, 6) is 0.282. The number of non-ortho nitro benzene ring substituents is 1. The number of esters is 1. The van der Waals surface area contributed by atoms with Crippen molar-refractivity contribution in [2.45, 2.75) is 13.8 Å². The number of hydrogen-bond donors (Lipinski definition) is 0. The fourth-order valence-corrected chi connectivity index (χ4v) is 1.74. The van der Waals surface area contributed by atoms with Crippen molar-refractivity contribution in [3.8, 4) is 11.5 Å². The lowest BCUT2D eigenvalue weighted by molar-refractivity contribution is -0.384. The first-order valence-corrected chi connectivity index (χ1v) is 6.61. The molecule has 6 nitrogen and oxygen atoms in total. The summed E-state index contributed by atoms with van der Waals surface area (Å²) in [5, 5.41) is 10.5. The number of nitrogens with zero attached hydrogens (tertiary/aromatic N) is 1. The number of nitro groups is 1. The van der Waals surface area contributed by atoms with Gasteiger partial charge in [0.25, 0.3) is 5.69 Å². The van der Waals surface area contributed by atoms with E-state index in [2.05, 4.69) is 0 Å². The van der Waals surface area contributed by atoms with Crippen LogP contribution in [-0.2, 0) is 4.79 Å². The van der Waals surface area contributed by atoms with Crippen LogP contribution in [0.2, 0.25) is 0 Å². The molecule has 0 amide bonds. The Morgan fingerprint density at radius 3 is 2.27 bits per heavy atom. The molecule has 0 N–H and O–H groups in total. The first-order valence-electron chi connectivity index (χ1n) is 6.61. The Morgan fingerprint density at radius 1 is 1.05 bits per heavy atom. The monoisotopic (exact) mass is 301 g/mol. The van der Waals surface area contributed by atoms with E-state index in [-0.39, 0.29) is 12.3 Å². The van der Waals surface area contributed by atoms with Gasteiger partial charge in [0, 0.05) is 12.1 Å². The van der Waals surface area contributed by atoms with Crippen molar-refractivity contribution < 1.29 is 19.2 Å². The van der Waals surface area contributed by atoms with Crippen molar-refractivity contribution in [1.82, 2.24) is 0 Å². The van der Waals surface area contributed by atoms with E-state index in [1.165, 1.54) is 24.3 Å². The van der Waals surface area contributed by atoms with Crippen LogP contribution in [0.4, 0.5) is 5.69 Å². The van der Waals surface area contributed by atoms with Gasteiger partial charge in [-0.3, -0.25) is 10.1 Å². The molecule has 0 fully saturated rings. The van der Waals surface area contributed by atoms with Crippen LogP contribution in [0.1, 0.15) is 11.1 Å². The van der Waals surface area contributed by atoms with Gasteiger partial charge in [-0.25, -0.2) is 4.79 Å². The van der Waals surface area contributed by atoms with E-state index in [1.54, 1.807) is 12.1 Å². The highest BCUT2D eigenvalue weighted by atomic mass is 16.6. The van der Waals surface area contributed by atoms with Crippen molar-refractivity contribution in [3.63, 3.8) is 0 Å². The molecule has 114 valence electrons. The van der Waals surface area contributed by atoms with Crippen LogP contribution in [0.3, 0.4) is 0 Å². The van der Waals surface area contributed by atoms with E-state index in [0.717, 1.165) is 11.1 Å². The predicted molar refractivity (Wildman–Crippen MR) is 80.1 cm³/mol. The van der Waals surface area contributed by atoms with E-state index in [0.29, 0.717) is 11.5 Å². The molecule has 0 aliphatic rings. The van der Waals surface area contributed by atoms with Crippen LogP contribution < -0.4 is 9.47 Å². The number of rotatable bonds is 5. The maximum Gasteiger partial charge on any atom is 0.349 e. The lowest BCUT2D eigenvalue weighted by atomic mass is 10.1. The molecule has 0 aliphatic carbocycles. The summed E-state index contributed by atoms with van der Waals surface area (Å²) in [6.45, 7) is 3.63. The zero-order valence-corrected chi connectivity index (χ0v) is 12.2. The number of carbonyl (C=O) groups is 1. The van der Waals surface area contributed by atoms with Crippen LogP contribution in [0.15, 0.2) is 42.5 Å². The van der Waals surface area contributed by atoms with Crippen LogP contribution in [-0.4, -0.2) is 17.5 Å². The molecule has 0 spiro atoms. The molecule has 2 rings (SSSR count). The van der Waals surface area contributed by atoms with Gasteiger partial charge in [0.05, 0.1) is 4.92 Å². The van der Waals surface area contributed by atoms with Crippen LogP contribution in [0, 0.1) is 24.0 Å². The normalized spacial score (nSPS) is 10.1. The van der Waals surface area contributed by atoms with Crippen molar-refractivity contribution in [3.05, 3.63) is 63.7 Å². The molecule has 0 aromatic heterocycles. The summed E-state index contributed by atoms with van der Waals surface area (Å²) in [7, 11) is 0. The minimum absolute atomic E-state index is 0.0370. The minimum atomic E-state index is -0.540. The molecule has 0 aliphatic heterocycles. The second-order valence-corrected chi connectivity index (χ2v) is 4.76. The molecule has 2 aromatic rings. The van der Waals surface area contributed by atoms with Crippen molar-refractivity contribution in [2.75, 3.05) is 6.61 Å². The number of carbonyl (C=O) groups excluding carboxylic acids is 1. The highest BCUT2D eigenvalue weighted by molar-refractivity contribution is 5.74. The van der Waals surface area contributed by atoms with Crippen LogP contribution >= 0.6 is 0 Å². The standard InChI is InChI=1S/C16H15NO5/c1-11-3-6-15(9-12(11)2)22-16(18)10-21-14-7-4-13(5-8-14)17(19)20/h3-9H,10H2,1-2H3. The third-order valence-electron chi connectivity index (χ3n) is 3.11. The van der Waals surface area contributed by atoms with E-state index in [9.17, 15) is 14.9 Å². The van der Waals surface area contributed by atoms with Gasteiger partial charge in [-0.2, -0.15) is 0 Å². The van der Waals surface area contributed by atoms with E-state index >= 15 is 0 Å². The van der Waals surface area contributed by atoms with Crippen LogP contribution in [0.5, 0.6) is 11.5 Å². The van der Waals surface area contributed by atoms with Crippen molar-refractivity contribution in [1.29, 1.82) is 0 Å². The zero-order chi connectivity index (χ0) is 16.1. The molecule has 0 heterocycles. The molecular formula is C16H15NO5. The highest BCUT2D eigenvalue weighted by Crippen LogP contribution is 2.18. The number of nitro benzene ring substituents is 1. The maximum absolute atomic E-state index is 11.7. The molecule has 0 radical (unpaired) electrons. The van der Waals surface area contributed by atoms with Gasteiger partial charge in [0.1, 0.15) is 11.5 Å².